The van der Waals surface area contributed by atoms with Gasteiger partial charge in [0.25, 0.3) is 0 Å². The van der Waals surface area contributed by atoms with Gasteiger partial charge in [-0.25, -0.2) is 9.97 Å². The number of anilines is 2. The molecule has 0 radical (unpaired) electrons. The van der Waals surface area contributed by atoms with E-state index in [0.717, 1.165) is 31.8 Å². The van der Waals surface area contributed by atoms with Crippen LogP contribution in [-0.4, -0.2) is 29.2 Å². The normalized spacial score (nSPS) is 20.5. The molecule has 5 heteroatoms. The van der Waals surface area contributed by atoms with Crippen LogP contribution < -0.4 is 11.1 Å². The Balaban J connectivity index is 1.92. The van der Waals surface area contributed by atoms with Crippen molar-refractivity contribution in [1.29, 1.82) is 0 Å². The van der Waals surface area contributed by atoms with Crippen molar-refractivity contribution < 1.29 is 4.74 Å². The molecule has 82 valence electrons. The minimum atomic E-state index is 0.307. The summed E-state index contributed by atoms with van der Waals surface area (Å²) in [5.41, 5.74) is 5.62. The van der Waals surface area contributed by atoms with E-state index >= 15 is 0 Å². The molecule has 0 aliphatic carbocycles. The van der Waals surface area contributed by atoms with Gasteiger partial charge in [-0.3, -0.25) is 0 Å². The van der Waals surface area contributed by atoms with Crippen LogP contribution in [0.25, 0.3) is 0 Å². The van der Waals surface area contributed by atoms with Crippen LogP contribution in [0.3, 0.4) is 0 Å². The Morgan fingerprint density at radius 1 is 1.60 bits per heavy atom. The summed E-state index contributed by atoms with van der Waals surface area (Å²) in [6.45, 7) is 3.49. The Hall–Kier alpha value is -1.36. The Morgan fingerprint density at radius 2 is 2.47 bits per heavy atom. The van der Waals surface area contributed by atoms with E-state index in [9.17, 15) is 0 Å². The third-order valence-electron chi connectivity index (χ3n) is 2.39. The molecule has 15 heavy (non-hydrogen) atoms. The topological polar surface area (TPSA) is 73.1 Å². The Labute approximate surface area is 89.1 Å². The fourth-order valence-electron chi connectivity index (χ4n) is 1.71. The van der Waals surface area contributed by atoms with E-state index in [4.69, 9.17) is 10.5 Å². The van der Waals surface area contributed by atoms with Crippen LogP contribution in [0.4, 0.5) is 11.6 Å². The number of hydrogen-bond donors (Lipinski definition) is 2. The third-order valence-corrected chi connectivity index (χ3v) is 2.39. The lowest BCUT2D eigenvalue weighted by atomic mass is 10.2. The Bertz CT molecular complexity index is 316. The Morgan fingerprint density at radius 3 is 3.13 bits per heavy atom. The van der Waals surface area contributed by atoms with Crippen molar-refractivity contribution in [2.45, 2.75) is 25.9 Å². The number of aromatic nitrogens is 2. The van der Waals surface area contributed by atoms with Crippen LogP contribution in [0.1, 0.15) is 18.7 Å². The minimum Gasteiger partial charge on any atom is -0.384 e. The summed E-state index contributed by atoms with van der Waals surface area (Å²) in [6, 6.07) is 1.74. The van der Waals surface area contributed by atoms with E-state index in [0.29, 0.717) is 17.7 Å². The predicted octanol–water partition coefficient (Wildman–Crippen LogP) is 0.958. The lowest BCUT2D eigenvalue weighted by Crippen LogP contribution is -2.19. The summed E-state index contributed by atoms with van der Waals surface area (Å²) < 4.78 is 5.50. The zero-order valence-corrected chi connectivity index (χ0v) is 8.86. The van der Waals surface area contributed by atoms with Crippen molar-refractivity contribution in [2.24, 2.45) is 0 Å². The molecule has 0 bridgehead atoms. The second-order valence-electron chi connectivity index (χ2n) is 3.74. The first-order valence-corrected chi connectivity index (χ1v) is 5.20. The Kier molecular flexibility index (Phi) is 3.01. The summed E-state index contributed by atoms with van der Waals surface area (Å²) in [4.78, 5) is 8.25. The number of nitrogens with one attached hydrogen (secondary N) is 1. The first kappa shape index (κ1) is 10.2. The molecule has 1 aromatic rings. The summed E-state index contributed by atoms with van der Waals surface area (Å²) in [6.07, 6.45) is 2.57. The molecule has 1 saturated heterocycles. The number of aryl methyl sites for hydroxylation is 1. The van der Waals surface area contributed by atoms with E-state index in [-0.39, 0.29) is 0 Å². The molecular weight excluding hydrogens is 192 g/mol. The summed E-state index contributed by atoms with van der Waals surface area (Å²) in [5.74, 6) is 1.96. The van der Waals surface area contributed by atoms with E-state index < -0.39 is 0 Å². The van der Waals surface area contributed by atoms with Gasteiger partial charge < -0.3 is 15.8 Å². The molecule has 1 fully saturated rings. The van der Waals surface area contributed by atoms with E-state index in [1.165, 1.54) is 0 Å². The van der Waals surface area contributed by atoms with Crippen LogP contribution in [0.15, 0.2) is 6.07 Å². The van der Waals surface area contributed by atoms with Crippen LogP contribution in [0.2, 0.25) is 0 Å². The molecule has 3 N–H and O–H groups in total. The lowest BCUT2D eigenvalue weighted by molar-refractivity contribution is 0.120. The minimum absolute atomic E-state index is 0.307. The quantitative estimate of drug-likeness (QED) is 0.774. The second-order valence-corrected chi connectivity index (χ2v) is 3.74. The number of nitrogens with zero attached hydrogens (tertiary/aromatic N) is 2. The summed E-state index contributed by atoms with van der Waals surface area (Å²) in [7, 11) is 0. The maximum atomic E-state index is 5.62. The fourth-order valence-corrected chi connectivity index (χ4v) is 1.71. The largest absolute Gasteiger partial charge is 0.384 e. The van der Waals surface area contributed by atoms with Crippen molar-refractivity contribution >= 4 is 11.6 Å². The van der Waals surface area contributed by atoms with Gasteiger partial charge in [0.05, 0.1) is 6.10 Å². The average molecular weight is 208 g/mol. The second kappa shape index (κ2) is 4.44. The monoisotopic (exact) mass is 208 g/mol. The highest BCUT2D eigenvalue weighted by molar-refractivity contribution is 5.44. The summed E-state index contributed by atoms with van der Waals surface area (Å²) in [5, 5.41) is 3.21. The van der Waals surface area contributed by atoms with Crippen molar-refractivity contribution in [1.82, 2.24) is 9.97 Å². The fraction of sp³-hybridized carbons (Fsp3) is 0.600. The van der Waals surface area contributed by atoms with Crippen molar-refractivity contribution in [3.05, 3.63) is 11.9 Å². The van der Waals surface area contributed by atoms with Gasteiger partial charge in [0, 0.05) is 19.2 Å². The third kappa shape index (κ3) is 2.79. The molecule has 2 rings (SSSR count). The van der Waals surface area contributed by atoms with Gasteiger partial charge in [0.1, 0.15) is 17.5 Å². The van der Waals surface area contributed by atoms with Crippen LogP contribution in [-0.2, 0) is 4.74 Å². The SMILES string of the molecule is Cc1nc(N)cc(NC[C@H]2CCCO2)n1. The molecule has 1 atom stereocenters. The van der Waals surface area contributed by atoms with Crippen LogP contribution >= 0.6 is 0 Å². The molecule has 0 amide bonds. The van der Waals surface area contributed by atoms with Gasteiger partial charge in [0.15, 0.2) is 0 Å². The van der Waals surface area contributed by atoms with Gasteiger partial charge in [-0.1, -0.05) is 0 Å². The highest BCUT2D eigenvalue weighted by Gasteiger charge is 2.15. The molecule has 1 aliphatic heterocycles. The number of nitrogen functional groups attached to an aromatic ring is 1. The zero-order valence-electron chi connectivity index (χ0n) is 8.86. The first-order valence-electron chi connectivity index (χ1n) is 5.20. The number of nitrogens with two attached hydrogens (primary N) is 1. The smallest absolute Gasteiger partial charge is 0.131 e. The number of hydrogen-bond acceptors (Lipinski definition) is 5. The van der Waals surface area contributed by atoms with Crippen LogP contribution in [0, 0.1) is 6.92 Å². The van der Waals surface area contributed by atoms with E-state index in [1.807, 2.05) is 6.92 Å². The maximum absolute atomic E-state index is 5.62. The van der Waals surface area contributed by atoms with E-state index in [1.54, 1.807) is 6.07 Å². The molecule has 1 aliphatic rings. The molecule has 0 spiro atoms. The van der Waals surface area contributed by atoms with Gasteiger partial charge >= 0.3 is 0 Å². The molecule has 1 aromatic heterocycles. The molecule has 2 heterocycles. The average Bonchev–Trinajstić information content (AvgIpc) is 2.65. The van der Waals surface area contributed by atoms with Gasteiger partial charge in [-0.05, 0) is 19.8 Å². The molecule has 0 unspecified atom stereocenters. The first-order chi connectivity index (χ1) is 7.24. The van der Waals surface area contributed by atoms with Gasteiger partial charge in [-0.2, -0.15) is 0 Å². The highest BCUT2D eigenvalue weighted by Crippen LogP contribution is 2.13. The summed E-state index contributed by atoms with van der Waals surface area (Å²) >= 11 is 0. The van der Waals surface area contributed by atoms with Crippen molar-refractivity contribution in [3.63, 3.8) is 0 Å². The molecule has 0 aromatic carbocycles. The van der Waals surface area contributed by atoms with Gasteiger partial charge in [0.2, 0.25) is 0 Å². The lowest BCUT2D eigenvalue weighted by Gasteiger charge is -2.11. The molecular formula is C10H16N4O. The van der Waals surface area contributed by atoms with Crippen molar-refractivity contribution in [3.8, 4) is 0 Å². The number of rotatable bonds is 3. The standard InChI is InChI=1S/C10H16N4O/c1-7-13-9(11)5-10(14-7)12-6-8-3-2-4-15-8/h5,8H,2-4,6H2,1H3,(H3,11,12,13,14)/t8-/m1/s1. The maximum Gasteiger partial charge on any atom is 0.131 e. The van der Waals surface area contributed by atoms with E-state index in [2.05, 4.69) is 15.3 Å². The van der Waals surface area contributed by atoms with Crippen molar-refractivity contribution in [2.75, 3.05) is 24.2 Å². The molecule has 5 nitrogen and oxygen atoms in total. The number of ether oxygens (including phenoxy) is 1. The highest BCUT2D eigenvalue weighted by atomic mass is 16.5. The van der Waals surface area contributed by atoms with Gasteiger partial charge in [-0.15, -0.1) is 0 Å². The van der Waals surface area contributed by atoms with Crippen LogP contribution in [0.5, 0.6) is 0 Å². The zero-order chi connectivity index (χ0) is 10.7. The molecule has 0 saturated carbocycles. The predicted molar refractivity (Wildman–Crippen MR) is 58.6 cm³/mol.